The lowest BCUT2D eigenvalue weighted by molar-refractivity contribution is -0.117. The van der Waals surface area contributed by atoms with Gasteiger partial charge in [-0.2, -0.15) is 0 Å². The van der Waals surface area contributed by atoms with Gasteiger partial charge in [-0.05, 0) is 48.3 Å². The Balaban J connectivity index is 1.67. The third-order valence-electron chi connectivity index (χ3n) is 4.97. The van der Waals surface area contributed by atoms with Crippen molar-refractivity contribution >= 4 is 23.5 Å². The van der Waals surface area contributed by atoms with Crippen LogP contribution < -0.4 is 5.32 Å². The van der Waals surface area contributed by atoms with Crippen LogP contribution in [0.3, 0.4) is 0 Å². The largest absolute Gasteiger partial charge is 0.399 e. The molecule has 136 valence electrons. The average Bonchev–Trinajstić information content (AvgIpc) is 3.44. The van der Waals surface area contributed by atoms with Crippen molar-refractivity contribution in [1.29, 1.82) is 0 Å². The van der Waals surface area contributed by atoms with Crippen molar-refractivity contribution in [2.24, 2.45) is 17.0 Å². The molecule has 1 fully saturated rings. The van der Waals surface area contributed by atoms with E-state index in [2.05, 4.69) is 41.7 Å². The smallest absolute Gasteiger partial charge is 0.247 e. The fraction of sp³-hybridized carbons (Fsp3) is 0.381. The maximum absolute atomic E-state index is 12.6. The summed E-state index contributed by atoms with van der Waals surface area (Å²) in [5, 5.41) is 6.79. The van der Waals surface area contributed by atoms with Crippen molar-refractivity contribution in [3.63, 3.8) is 0 Å². The quantitative estimate of drug-likeness (QED) is 0.444. The number of aryl methyl sites for hydroxylation is 1. The normalized spacial score (nSPS) is 21.2. The van der Waals surface area contributed by atoms with Crippen molar-refractivity contribution in [3.05, 3.63) is 53.1 Å². The predicted octanol–water partition coefficient (Wildman–Crippen LogP) is 3.05. The Labute approximate surface area is 153 Å². The first kappa shape index (κ1) is 18.1. The minimum Gasteiger partial charge on any atom is -0.399 e. The van der Waals surface area contributed by atoms with Crippen molar-refractivity contribution in [2.45, 2.75) is 26.2 Å². The molecule has 1 aromatic rings. The van der Waals surface area contributed by atoms with Crippen LogP contribution in [0.1, 0.15) is 30.4 Å². The fourth-order valence-electron chi connectivity index (χ4n) is 3.54. The van der Waals surface area contributed by atoms with E-state index >= 15 is 0 Å². The van der Waals surface area contributed by atoms with Gasteiger partial charge >= 0.3 is 0 Å². The van der Waals surface area contributed by atoms with Crippen LogP contribution in [0.15, 0.2) is 47.1 Å². The molecule has 3 rings (SSSR count). The van der Waals surface area contributed by atoms with Gasteiger partial charge in [0.1, 0.15) is 13.4 Å². The van der Waals surface area contributed by atoms with Crippen LogP contribution in [0.25, 0.3) is 5.57 Å². The molecule has 0 heterocycles. The Bertz CT molecular complexity index is 792. The number of hydrogen-bond acceptors (Lipinski definition) is 4. The lowest BCUT2D eigenvalue weighted by atomic mass is 9.90. The van der Waals surface area contributed by atoms with Crippen molar-refractivity contribution in [1.82, 2.24) is 5.32 Å². The number of carbonyl (C=O) groups excluding carboxylic acids is 2. The van der Waals surface area contributed by atoms with Crippen LogP contribution >= 0.6 is 0 Å². The number of oxime groups is 1. The molecule has 0 aliphatic heterocycles. The zero-order chi connectivity index (χ0) is 18.5. The van der Waals surface area contributed by atoms with E-state index in [-0.39, 0.29) is 5.91 Å². The second-order valence-electron chi connectivity index (χ2n) is 6.74. The molecule has 1 amide bonds. The lowest BCUT2D eigenvalue weighted by Crippen LogP contribution is -2.32. The number of rotatable bonds is 8. The molecule has 0 radical (unpaired) electrons. The van der Waals surface area contributed by atoms with Crippen LogP contribution in [-0.2, 0) is 14.4 Å². The molecule has 0 bridgehead atoms. The van der Waals surface area contributed by atoms with E-state index in [1.807, 2.05) is 12.1 Å². The third-order valence-corrected chi connectivity index (χ3v) is 4.97. The molecule has 0 aromatic heterocycles. The molecule has 26 heavy (non-hydrogen) atoms. The van der Waals surface area contributed by atoms with E-state index in [9.17, 15) is 9.59 Å². The minimum absolute atomic E-state index is 0.0625. The number of benzene rings is 1. The first-order valence-electron chi connectivity index (χ1n) is 8.94. The predicted molar refractivity (Wildman–Crippen MR) is 102 cm³/mol. The topological polar surface area (TPSA) is 67.8 Å². The molecule has 2 aliphatic carbocycles. The maximum atomic E-state index is 12.6. The van der Waals surface area contributed by atoms with Gasteiger partial charge in [0.05, 0.1) is 12.3 Å². The Morgan fingerprint density at radius 2 is 2.12 bits per heavy atom. The van der Waals surface area contributed by atoms with Gasteiger partial charge in [-0.1, -0.05) is 41.6 Å². The molecule has 1 N–H and O–H groups in total. The van der Waals surface area contributed by atoms with Crippen LogP contribution in [0.4, 0.5) is 0 Å². The first-order valence-corrected chi connectivity index (χ1v) is 8.94. The van der Waals surface area contributed by atoms with E-state index in [1.54, 1.807) is 0 Å². The summed E-state index contributed by atoms with van der Waals surface area (Å²) in [4.78, 5) is 27.9. The number of hydrogen-bond donors (Lipinski definition) is 1. The van der Waals surface area contributed by atoms with Gasteiger partial charge in [0.15, 0.2) is 0 Å². The average molecular weight is 352 g/mol. The number of carbonyl (C=O) groups is 2. The summed E-state index contributed by atoms with van der Waals surface area (Å²) in [5.41, 5.74) is 5.37. The van der Waals surface area contributed by atoms with Gasteiger partial charge < -0.3 is 14.9 Å². The fourth-order valence-corrected chi connectivity index (χ4v) is 3.54. The maximum Gasteiger partial charge on any atom is 0.247 e. The molecule has 0 saturated heterocycles. The molecule has 1 saturated carbocycles. The Hall–Kier alpha value is -2.69. The molecule has 1 aromatic carbocycles. The van der Waals surface area contributed by atoms with Crippen molar-refractivity contribution in [3.8, 4) is 0 Å². The van der Waals surface area contributed by atoms with Gasteiger partial charge in [-0.3, -0.25) is 4.79 Å². The van der Waals surface area contributed by atoms with Crippen LogP contribution in [0.2, 0.25) is 0 Å². The minimum atomic E-state index is -0.0625. The molecular formula is C21H24N2O3. The van der Waals surface area contributed by atoms with Gasteiger partial charge in [-0.15, -0.1) is 0 Å². The van der Waals surface area contributed by atoms with E-state index in [4.69, 9.17) is 4.84 Å². The summed E-state index contributed by atoms with van der Waals surface area (Å²) < 4.78 is 0. The number of fused-ring (bicyclic) bond motifs is 1. The second-order valence-corrected chi connectivity index (χ2v) is 6.74. The number of aldehydes is 1. The molecule has 2 aliphatic rings. The zero-order valence-corrected chi connectivity index (χ0v) is 15.2. The van der Waals surface area contributed by atoms with E-state index in [1.165, 1.54) is 23.8 Å². The Morgan fingerprint density at radius 3 is 2.85 bits per heavy atom. The summed E-state index contributed by atoms with van der Waals surface area (Å²) in [7, 11) is 1.46. The van der Waals surface area contributed by atoms with Crippen LogP contribution in [0, 0.1) is 18.8 Å². The van der Waals surface area contributed by atoms with Gasteiger partial charge in [0, 0.05) is 12.0 Å². The van der Waals surface area contributed by atoms with E-state index in [0.29, 0.717) is 36.9 Å². The number of amides is 1. The molecule has 2 atom stereocenters. The van der Waals surface area contributed by atoms with Gasteiger partial charge in [0.25, 0.3) is 0 Å². The summed E-state index contributed by atoms with van der Waals surface area (Å²) in [6, 6.07) is 8.37. The third kappa shape index (κ3) is 3.93. The highest BCUT2D eigenvalue weighted by atomic mass is 16.6. The Kier molecular flexibility index (Phi) is 5.66. The highest BCUT2D eigenvalue weighted by molar-refractivity contribution is 6.00. The summed E-state index contributed by atoms with van der Waals surface area (Å²) in [5.74, 6) is 0.670. The highest BCUT2D eigenvalue weighted by Gasteiger charge is 2.46. The second kappa shape index (κ2) is 8.13. The van der Waals surface area contributed by atoms with Gasteiger partial charge in [-0.25, -0.2) is 0 Å². The lowest BCUT2D eigenvalue weighted by Gasteiger charge is -2.16. The first-order chi connectivity index (χ1) is 12.7. The summed E-state index contributed by atoms with van der Waals surface area (Å²) in [6.07, 6.45) is 6.74. The molecule has 5 heteroatoms. The van der Waals surface area contributed by atoms with Crippen LogP contribution in [-0.4, -0.2) is 31.6 Å². The zero-order valence-electron chi connectivity index (χ0n) is 15.2. The Morgan fingerprint density at radius 1 is 1.31 bits per heavy atom. The number of allylic oxidation sites excluding steroid dienone is 3. The molecule has 5 nitrogen and oxygen atoms in total. The number of nitrogens with one attached hydrogen (secondary N) is 1. The monoisotopic (exact) mass is 352 g/mol. The SMILES string of the molecule is CO/N=C(/CCC=O)CNC(=O)C1=CC=C(c2ccccc2C)C2CC12. The molecule has 0 spiro atoms. The van der Waals surface area contributed by atoms with Gasteiger partial charge in [0.2, 0.25) is 5.91 Å². The van der Waals surface area contributed by atoms with E-state index in [0.717, 1.165) is 18.3 Å². The molecular weight excluding hydrogens is 328 g/mol. The highest BCUT2D eigenvalue weighted by Crippen LogP contribution is 2.54. The standard InChI is InChI=1S/C21H24N2O3/c1-14-6-3-4-8-16(14)17-9-10-18(20-12-19(17)20)21(25)22-13-15(23-26-2)7-5-11-24/h3-4,6,8-11,19-20H,5,7,12-13H2,1-2H3,(H,22,25)/b23-15-. The van der Waals surface area contributed by atoms with Crippen molar-refractivity contribution < 1.29 is 14.4 Å². The van der Waals surface area contributed by atoms with Crippen molar-refractivity contribution in [2.75, 3.05) is 13.7 Å². The van der Waals surface area contributed by atoms with E-state index < -0.39 is 0 Å². The van der Waals surface area contributed by atoms with Crippen LogP contribution in [0.5, 0.6) is 0 Å². The number of nitrogens with zero attached hydrogens (tertiary/aromatic N) is 1. The molecule has 2 unspecified atom stereocenters. The summed E-state index contributed by atoms with van der Waals surface area (Å²) >= 11 is 0. The summed E-state index contributed by atoms with van der Waals surface area (Å²) in [6.45, 7) is 2.42.